The van der Waals surface area contributed by atoms with Gasteiger partial charge in [-0.25, -0.2) is 4.79 Å². The molecule has 0 aromatic rings. The maximum atomic E-state index is 11.3. The fraction of sp³-hybridized carbons (Fsp3) is 0.545. The first-order valence-electron chi connectivity index (χ1n) is 4.69. The Hall–Kier alpha value is -1.25. The number of hydrogen-bond acceptors (Lipinski definition) is 3. The maximum absolute atomic E-state index is 11.3. The Balaban J connectivity index is 4.46. The average molecular weight is 198 g/mol. The second-order valence-corrected chi connectivity index (χ2v) is 2.80. The van der Waals surface area contributed by atoms with Crippen molar-refractivity contribution >= 4 is 5.97 Å². The van der Waals surface area contributed by atoms with E-state index in [1.165, 1.54) is 0 Å². The molecule has 0 rings (SSSR count). The summed E-state index contributed by atoms with van der Waals surface area (Å²) in [4.78, 5) is 11.3. The number of ether oxygens (including phenoxy) is 2. The van der Waals surface area contributed by atoms with E-state index in [-0.39, 0.29) is 5.97 Å². The highest BCUT2D eigenvalue weighted by atomic mass is 16.5. The van der Waals surface area contributed by atoms with Gasteiger partial charge in [-0.3, -0.25) is 0 Å². The molecule has 3 nitrogen and oxygen atoms in total. The van der Waals surface area contributed by atoms with Gasteiger partial charge in [0.05, 0.1) is 19.3 Å². The summed E-state index contributed by atoms with van der Waals surface area (Å²) in [7, 11) is 1.56. The van der Waals surface area contributed by atoms with E-state index < -0.39 is 0 Å². The highest BCUT2D eigenvalue weighted by Gasteiger charge is 2.11. The van der Waals surface area contributed by atoms with Gasteiger partial charge >= 0.3 is 5.97 Å². The summed E-state index contributed by atoms with van der Waals surface area (Å²) in [5, 5.41) is 0. The SMILES string of the molecule is C=CCC/C(OC)=C(/C)C(=O)OCC. The van der Waals surface area contributed by atoms with E-state index in [9.17, 15) is 4.79 Å². The number of allylic oxidation sites excluding steroid dienone is 2. The zero-order valence-electron chi connectivity index (χ0n) is 9.13. The smallest absolute Gasteiger partial charge is 0.337 e. The summed E-state index contributed by atoms with van der Waals surface area (Å²) in [6, 6.07) is 0. The lowest BCUT2D eigenvalue weighted by molar-refractivity contribution is -0.138. The van der Waals surface area contributed by atoms with Crippen molar-refractivity contribution < 1.29 is 14.3 Å². The monoisotopic (exact) mass is 198 g/mol. The van der Waals surface area contributed by atoms with Crippen LogP contribution in [0.5, 0.6) is 0 Å². The molecular weight excluding hydrogens is 180 g/mol. The van der Waals surface area contributed by atoms with Crippen molar-refractivity contribution in [2.45, 2.75) is 26.7 Å². The van der Waals surface area contributed by atoms with E-state index in [1.807, 2.05) is 0 Å². The summed E-state index contributed by atoms with van der Waals surface area (Å²) < 4.78 is 9.98. The fourth-order valence-electron chi connectivity index (χ4n) is 1.03. The van der Waals surface area contributed by atoms with Crippen LogP contribution in [0.3, 0.4) is 0 Å². The minimum Gasteiger partial charge on any atom is -0.501 e. The molecular formula is C11H18O3. The molecule has 0 heterocycles. The van der Waals surface area contributed by atoms with Crippen molar-refractivity contribution in [1.29, 1.82) is 0 Å². The lowest BCUT2D eigenvalue weighted by atomic mass is 10.2. The molecule has 0 unspecified atom stereocenters. The molecule has 0 radical (unpaired) electrons. The van der Waals surface area contributed by atoms with Crippen molar-refractivity contribution in [2.24, 2.45) is 0 Å². The van der Waals surface area contributed by atoms with Crippen LogP contribution < -0.4 is 0 Å². The summed E-state index contributed by atoms with van der Waals surface area (Å²) in [5.74, 6) is 0.358. The van der Waals surface area contributed by atoms with Crippen molar-refractivity contribution in [3.63, 3.8) is 0 Å². The molecule has 0 aromatic carbocycles. The molecule has 0 amide bonds. The van der Waals surface area contributed by atoms with E-state index in [0.29, 0.717) is 24.4 Å². The quantitative estimate of drug-likeness (QED) is 0.284. The second-order valence-electron chi connectivity index (χ2n) is 2.80. The van der Waals surface area contributed by atoms with Crippen LogP contribution in [0.2, 0.25) is 0 Å². The molecule has 0 aliphatic heterocycles. The van der Waals surface area contributed by atoms with Gasteiger partial charge in [-0.2, -0.15) is 0 Å². The zero-order chi connectivity index (χ0) is 11.0. The van der Waals surface area contributed by atoms with Gasteiger partial charge in [-0.15, -0.1) is 6.58 Å². The van der Waals surface area contributed by atoms with Crippen LogP contribution in [-0.4, -0.2) is 19.7 Å². The van der Waals surface area contributed by atoms with E-state index in [4.69, 9.17) is 9.47 Å². The van der Waals surface area contributed by atoms with Gasteiger partial charge in [0.2, 0.25) is 0 Å². The Morgan fingerprint density at radius 2 is 2.14 bits per heavy atom. The Morgan fingerprint density at radius 3 is 2.57 bits per heavy atom. The molecule has 0 atom stereocenters. The first-order valence-corrected chi connectivity index (χ1v) is 4.69. The highest BCUT2D eigenvalue weighted by Crippen LogP contribution is 2.13. The van der Waals surface area contributed by atoms with Crippen molar-refractivity contribution in [1.82, 2.24) is 0 Å². The minimum absolute atomic E-state index is 0.312. The molecule has 0 fully saturated rings. The van der Waals surface area contributed by atoms with Gasteiger partial charge in [0.1, 0.15) is 5.76 Å². The second kappa shape index (κ2) is 7.18. The molecule has 0 bridgehead atoms. The number of methoxy groups -OCH3 is 1. The van der Waals surface area contributed by atoms with Crippen LogP contribution >= 0.6 is 0 Å². The van der Waals surface area contributed by atoms with Gasteiger partial charge < -0.3 is 9.47 Å². The Morgan fingerprint density at radius 1 is 1.50 bits per heavy atom. The predicted octanol–water partition coefficient (Wildman–Crippen LogP) is 2.44. The predicted molar refractivity (Wildman–Crippen MR) is 55.8 cm³/mol. The first kappa shape index (κ1) is 12.8. The van der Waals surface area contributed by atoms with E-state index in [0.717, 1.165) is 6.42 Å². The molecule has 0 aromatic heterocycles. The molecule has 0 aliphatic rings. The van der Waals surface area contributed by atoms with Crippen LogP contribution in [0.25, 0.3) is 0 Å². The number of carbonyl (C=O) groups is 1. The third-order valence-corrected chi connectivity index (χ3v) is 1.82. The molecule has 0 saturated heterocycles. The molecule has 80 valence electrons. The highest BCUT2D eigenvalue weighted by molar-refractivity contribution is 5.88. The van der Waals surface area contributed by atoms with Crippen LogP contribution in [-0.2, 0) is 14.3 Å². The van der Waals surface area contributed by atoms with Crippen LogP contribution in [0, 0.1) is 0 Å². The van der Waals surface area contributed by atoms with E-state index in [2.05, 4.69) is 6.58 Å². The molecule has 0 aliphatic carbocycles. The Labute approximate surface area is 85.4 Å². The summed E-state index contributed by atoms with van der Waals surface area (Å²) >= 11 is 0. The standard InChI is InChI=1S/C11H18O3/c1-5-7-8-10(13-4)9(3)11(12)14-6-2/h5H,1,6-8H2,2-4H3/b10-9+. The topological polar surface area (TPSA) is 35.5 Å². The first-order chi connectivity index (χ1) is 6.67. The average Bonchev–Trinajstić information content (AvgIpc) is 2.19. The lowest BCUT2D eigenvalue weighted by Gasteiger charge is -2.09. The largest absolute Gasteiger partial charge is 0.501 e. The third kappa shape index (κ3) is 4.12. The van der Waals surface area contributed by atoms with Gasteiger partial charge in [-0.05, 0) is 20.3 Å². The fourth-order valence-corrected chi connectivity index (χ4v) is 1.03. The number of carbonyl (C=O) groups excluding carboxylic acids is 1. The third-order valence-electron chi connectivity index (χ3n) is 1.82. The normalized spacial score (nSPS) is 11.6. The molecule has 0 saturated carbocycles. The van der Waals surface area contributed by atoms with Crippen molar-refractivity contribution in [3.8, 4) is 0 Å². The van der Waals surface area contributed by atoms with Crippen molar-refractivity contribution in [2.75, 3.05) is 13.7 Å². The van der Waals surface area contributed by atoms with Gasteiger partial charge in [0, 0.05) is 6.42 Å². The zero-order valence-corrected chi connectivity index (χ0v) is 9.13. The van der Waals surface area contributed by atoms with Crippen LogP contribution in [0.4, 0.5) is 0 Å². The summed E-state index contributed by atoms with van der Waals surface area (Å²) in [6.45, 7) is 7.48. The van der Waals surface area contributed by atoms with Crippen LogP contribution in [0.1, 0.15) is 26.7 Å². The minimum atomic E-state index is -0.312. The maximum Gasteiger partial charge on any atom is 0.337 e. The molecule has 14 heavy (non-hydrogen) atoms. The number of rotatable bonds is 6. The number of hydrogen-bond donors (Lipinski definition) is 0. The van der Waals surface area contributed by atoms with Crippen molar-refractivity contribution in [3.05, 3.63) is 24.0 Å². The summed E-state index contributed by atoms with van der Waals surface area (Å²) in [5.41, 5.74) is 0.538. The molecule has 3 heteroatoms. The Kier molecular flexibility index (Phi) is 6.54. The summed E-state index contributed by atoms with van der Waals surface area (Å²) in [6.07, 6.45) is 3.27. The molecule has 0 spiro atoms. The molecule has 0 N–H and O–H groups in total. The van der Waals surface area contributed by atoms with Crippen LogP contribution in [0.15, 0.2) is 24.0 Å². The lowest BCUT2D eigenvalue weighted by Crippen LogP contribution is -2.08. The van der Waals surface area contributed by atoms with Gasteiger partial charge in [-0.1, -0.05) is 6.08 Å². The Bertz CT molecular complexity index is 229. The van der Waals surface area contributed by atoms with Gasteiger partial charge in [0.25, 0.3) is 0 Å². The number of esters is 1. The van der Waals surface area contributed by atoms with E-state index in [1.54, 1.807) is 27.0 Å². The van der Waals surface area contributed by atoms with E-state index >= 15 is 0 Å². The van der Waals surface area contributed by atoms with Gasteiger partial charge in [0.15, 0.2) is 0 Å².